The maximum atomic E-state index is 4.55. The number of imidazole rings is 1. The Morgan fingerprint density at radius 3 is 2.62 bits per heavy atom. The van der Waals surface area contributed by atoms with Gasteiger partial charge >= 0.3 is 0 Å². The maximum absolute atomic E-state index is 4.55. The average molecular weight is 315 g/mol. The second-order valence-electron chi connectivity index (χ2n) is 5.71. The number of nitrogens with one attached hydrogen (secondary N) is 1. The first-order chi connectivity index (χ1) is 11.7. The largest absolute Gasteiger partial charge is 0.312 e. The van der Waals surface area contributed by atoms with Crippen molar-refractivity contribution in [1.29, 1.82) is 0 Å². The van der Waals surface area contributed by atoms with Crippen molar-refractivity contribution in [3.05, 3.63) is 66.5 Å². The van der Waals surface area contributed by atoms with Gasteiger partial charge in [0.15, 0.2) is 0 Å². The lowest BCUT2D eigenvalue weighted by Gasteiger charge is -2.04. The summed E-state index contributed by atoms with van der Waals surface area (Å²) < 4.78 is 1.99. The fraction of sp³-hybridized carbons (Fsp3) is 0.105. The minimum atomic E-state index is 0.705. The monoisotopic (exact) mass is 315 g/mol. The van der Waals surface area contributed by atoms with E-state index in [0.717, 1.165) is 33.2 Å². The Labute approximate surface area is 139 Å². The summed E-state index contributed by atoms with van der Waals surface area (Å²) in [6.07, 6.45) is 1.87. The van der Waals surface area contributed by atoms with Crippen molar-refractivity contribution in [3.63, 3.8) is 0 Å². The normalized spacial score (nSPS) is 12.0. The molecule has 24 heavy (non-hydrogen) atoms. The summed E-state index contributed by atoms with van der Waals surface area (Å²) in [6.45, 7) is 1.94. The van der Waals surface area contributed by atoms with Gasteiger partial charge in [-0.15, -0.1) is 0 Å². The van der Waals surface area contributed by atoms with Crippen LogP contribution in [0.25, 0.3) is 21.8 Å². The fourth-order valence-corrected chi connectivity index (χ4v) is 2.72. The molecular weight excluding hydrogens is 298 g/mol. The number of benzene rings is 2. The topological polar surface area (TPSA) is 55.1 Å². The van der Waals surface area contributed by atoms with E-state index in [1.807, 2.05) is 67.2 Å². The summed E-state index contributed by atoms with van der Waals surface area (Å²) in [5.74, 6) is 0.705. The van der Waals surface area contributed by atoms with E-state index in [-0.39, 0.29) is 0 Å². The van der Waals surface area contributed by atoms with Gasteiger partial charge in [0.1, 0.15) is 0 Å². The van der Waals surface area contributed by atoms with Crippen LogP contribution in [-0.2, 0) is 7.05 Å². The van der Waals surface area contributed by atoms with Crippen LogP contribution in [0.3, 0.4) is 0 Å². The lowest BCUT2D eigenvalue weighted by Crippen LogP contribution is -2.05. The summed E-state index contributed by atoms with van der Waals surface area (Å²) in [7, 11) is 1.97. The zero-order valence-electron chi connectivity index (χ0n) is 13.6. The van der Waals surface area contributed by atoms with E-state index in [0.29, 0.717) is 5.95 Å². The molecule has 0 radical (unpaired) electrons. The predicted octanol–water partition coefficient (Wildman–Crippen LogP) is 3.96. The number of fused-ring (bicyclic) bond motifs is 2. The van der Waals surface area contributed by atoms with Gasteiger partial charge in [-0.3, -0.25) is 4.98 Å². The highest BCUT2D eigenvalue weighted by Gasteiger charge is 2.07. The number of pyridine rings is 1. The lowest BCUT2D eigenvalue weighted by molar-refractivity contribution is 0.942. The quantitative estimate of drug-likeness (QED) is 0.460. The molecule has 5 nitrogen and oxygen atoms in total. The van der Waals surface area contributed by atoms with Crippen LogP contribution in [-0.4, -0.2) is 20.2 Å². The van der Waals surface area contributed by atoms with Crippen molar-refractivity contribution in [3.8, 4) is 0 Å². The van der Waals surface area contributed by atoms with E-state index in [2.05, 4.69) is 32.6 Å². The van der Waals surface area contributed by atoms with Crippen LogP contribution in [0.4, 0.5) is 5.95 Å². The van der Waals surface area contributed by atoms with Gasteiger partial charge in [0.05, 0.1) is 22.4 Å². The van der Waals surface area contributed by atoms with Gasteiger partial charge < -0.3 is 4.57 Å². The first-order valence-corrected chi connectivity index (χ1v) is 7.79. The smallest absolute Gasteiger partial charge is 0.224 e. The summed E-state index contributed by atoms with van der Waals surface area (Å²) in [4.78, 5) is 9.04. The van der Waals surface area contributed by atoms with Gasteiger partial charge in [-0.25, -0.2) is 10.4 Å². The number of aryl methyl sites for hydroxylation is 1. The van der Waals surface area contributed by atoms with E-state index in [1.54, 1.807) is 0 Å². The number of para-hydroxylation sites is 2. The van der Waals surface area contributed by atoms with Gasteiger partial charge in [-0.1, -0.05) is 36.4 Å². The van der Waals surface area contributed by atoms with Crippen LogP contribution in [0, 0.1) is 0 Å². The average Bonchev–Trinajstić information content (AvgIpc) is 2.95. The van der Waals surface area contributed by atoms with Gasteiger partial charge in [0.25, 0.3) is 0 Å². The molecule has 2 heterocycles. The third-order valence-electron chi connectivity index (χ3n) is 4.11. The number of hydrogen-bond acceptors (Lipinski definition) is 4. The highest BCUT2D eigenvalue weighted by Crippen LogP contribution is 2.18. The summed E-state index contributed by atoms with van der Waals surface area (Å²) in [6, 6.07) is 18.2. The Balaban J connectivity index is 1.65. The third-order valence-corrected chi connectivity index (χ3v) is 4.11. The number of anilines is 1. The van der Waals surface area contributed by atoms with Crippen molar-refractivity contribution in [1.82, 2.24) is 14.5 Å². The molecule has 0 saturated heterocycles. The zero-order chi connectivity index (χ0) is 16.5. The number of hydrazone groups is 1. The minimum Gasteiger partial charge on any atom is -0.312 e. The standard InChI is InChI=1S/C19H17N5/c1-13(17-11-14-7-3-4-8-15(14)12-20-17)22-23-19-21-16-9-5-6-10-18(16)24(19)2/h3-12H,1-2H3,(H,21,23)/b22-13+. The Hall–Kier alpha value is -3.21. The van der Waals surface area contributed by atoms with Crippen molar-refractivity contribution in [2.24, 2.45) is 12.1 Å². The third kappa shape index (κ3) is 2.50. The van der Waals surface area contributed by atoms with Gasteiger partial charge in [0, 0.05) is 18.6 Å². The molecule has 0 atom stereocenters. The Bertz CT molecular complexity index is 1060. The Morgan fingerprint density at radius 2 is 1.79 bits per heavy atom. The first-order valence-electron chi connectivity index (χ1n) is 7.79. The fourth-order valence-electron chi connectivity index (χ4n) is 2.72. The molecule has 0 bridgehead atoms. The molecule has 0 unspecified atom stereocenters. The molecule has 0 aliphatic rings. The van der Waals surface area contributed by atoms with Gasteiger partial charge in [0.2, 0.25) is 5.95 Å². The van der Waals surface area contributed by atoms with Crippen molar-refractivity contribution < 1.29 is 0 Å². The van der Waals surface area contributed by atoms with Crippen LogP contribution >= 0.6 is 0 Å². The maximum Gasteiger partial charge on any atom is 0.224 e. The second kappa shape index (κ2) is 5.77. The number of aromatic nitrogens is 3. The van der Waals surface area contributed by atoms with Crippen molar-refractivity contribution in [2.75, 3.05) is 5.43 Å². The van der Waals surface area contributed by atoms with E-state index in [9.17, 15) is 0 Å². The SMILES string of the molecule is C/C(=N\Nc1nc2ccccc2n1C)c1cc2ccccc2cn1. The molecule has 4 rings (SSSR count). The molecule has 0 aliphatic heterocycles. The Kier molecular flexibility index (Phi) is 3.46. The number of hydrogen-bond donors (Lipinski definition) is 1. The predicted molar refractivity (Wildman–Crippen MR) is 98.3 cm³/mol. The van der Waals surface area contributed by atoms with Crippen LogP contribution in [0.1, 0.15) is 12.6 Å². The van der Waals surface area contributed by atoms with Crippen LogP contribution in [0.2, 0.25) is 0 Å². The highest BCUT2D eigenvalue weighted by atomic mass is 15.4. The Morgan fingerprint density at radius 1 is 1.04 bits per heavy atom. The van der Waals surface area contributed by atoms with E-state index in [4.69, 9.17) is 0 Å². The molecule has 0 saturated carbocycles. The van der Waals surface area contributed by atoms with E-state index in [1.165, 1.54) is 0 Å². The molecule has 0 amide bonds. The lowest BCUT2D eigenvalue weighted by atomic mass is 10.1. The van der Waals surface area contributed by atoms with Gasteiger partial charge in [-0.05, 0) is 30.5 Å². The number of rotatable bonds is 3. The molecule has 1 N–H and O–H groups in total. The van der Waals surface area contributed by atoms with Gasteiger partial charge in [-0.2, -0.15) is 5.10 Å². The molecule has 4 aromatic rings. The van der Waals surface area contributed by atoms with Crippen molar-refractivity contribution >= 4 is 33.5 Å². The zero-order valence-corrected chi connectivity index (χ0v) is 13.6. The number of nitrogens with zero attached hydrogens (tertiary/aromatic N) is 4. The first kappa shape index (κ1) is 14.4. The molecule has 5 heteroatoms. The van der Waals surface area contributed by atoms with E-state index >= 15 is 0 Å². The van der Waals surface area contributed by atoms with E-state index < -0.39 is 0 Å². The summed E-state index contributed by atoms with van der Waals surface area (Å²) >= 11 is 0. The van der Waals surface area contributed by atoms with Crippen molar-refractivity contribution in [2.45, 2.75) is 6.92 Å². The molecule has 2 aromatic carbocycles. The summed E-state index contributed by atoms with van der Waals surface area (Å²) in [5, 5.41) is 6.72. The summed E-state index contributed by atoms with van der Waals surface area (Å²) in [5.41, 5.74) is 6.72. The van der Waals surface area contributed by atoms with Crippen LogP contribution < -0.4 is 5.43 Å². The minimum absolute atomic E-state index is 0.705. The molecular formula is C19H17N5. The molecule has 2 aromatic heterocycles. The molecule has 0 aliphatic carbocycles. The van der Waals surface area contributed by atoms with Crippen LogP contribution in [0.15, 0.2) is 65.9 Å². The molecule has 118 valence electrons. The highest BCUT2D eigenvalue weighted by molar-refractivity contribution is 6.00. The molecule has 0 fully saturated rings. The van der Waals surface area contributed by atoms with Crippen LogP contribution in [0.5, 0.6) is 0 Å². The second-order valence-corrected chi connectivity index (χ2v) is 5.71. The molecule has 0 spiro atoms.